The number of aromatic nitrogens is 3. The fraction of sp³-hybridized carbons (Fsp3) is 0.174. The predicted molar refractivity (Wildman–Crippen MR) is 109 cm³/mol. The van der Waals surface area contributed by atoms with Crippen molar-refractivity contribution in [3.8, 4) is 22.8 Å². The molecule has 1 fully saturated rings. The van der Waals surface area contributed by atoms with Gasteiger partial charge in [0, 0.05) is 6.20 Å². The van der Waals surface area contributed by atoms with Gasteiger partial charge in [0.15, 0.2) is 5.82 Å². The highest BCUT2D eigenvalue weighted by atomic mass is 19.1. The zero-order chi connectivity index (χ0) is 20.8. The second-order valence-electron chi connectivity index (χ2n) is 7.37. The number of nitrogens with zero attached hydrogens (tertiary/aromatic N) is 3. The molecule has 2 aromatic heterocycles. The number of carbonyl (C=O) groups is 1. The number of benzene rings is 2. The van der Waals surface area contributed by atoms with Crippen LogP contribution in [0, 0.1) is 11.7 Å². The Morgan fingerprint density at radius 2 is 1.97 bits per heavy atom. The van der Waals surface area contributed by atoms with Crippen molar-refractivity contribution < 1.29 is 19.0 Å². The van der Waals surface area contributed by atoms with Gasteiger partial charge in [0.2, 0.25) is 5.88 Å². The molecule has 0 saturated heterocycles. The quantitative estimate of drug-likeness (QED) is 0.534. The van der Waals surface area contributed by atoms with Crippen LogP contribution in [0.15, 0.2) is 60.8 Å². The molecule has 0 spiro atoms. The van der Waals surface area contributed by atoms with Gasteiger partial charge in [0.25, 0.3) is 0 Å². The Balaban J connectivity index is 1.58. The average molecular weight is 403 g/mol. The standard InChI is InChI=1S/C23H18FN3O3/c1-30-22-21-18(24)10-15(11-19(21)27(26-22)20-4-2-3-9-25-20)13-5-7-14(8-6-13)16-12-17(16)23(28)29/h2-11,16-17H,12H2,1H3,(H,28,29)/t16-,17+/m1/s1. The van der Waals surface area contributed by atoms with Gasteiger partial charge in [-0.3, -0.25) is 4.79 Å². The minimum absolute atomic E-state index is 0.0608. The predicted octanol–water partition coefficient (Wildman–Crippen LogP) is 4.42. The summed E-state index contributed by atoms with van der Waals surface area (Å²) in [6.07, 6.45) is 2.31. The maximum absolute atomic E-state index is 15.0. The third kappa shape index (κ3) is 2.99. The van der Waals surface area contributed by atoms with Gasteiger partial charge in [-0.15, -0.1) is 5.10 Å². The lowest BCUT2D eigenvalue weighted by Crippen LogP contribution is -1.99. The van der Waals surface area contributed by atoms with Crippen molar-refractivity contribution in [3.63, 3.8) is 0 Å². The SMILES string of the molecule is COc1nn(-c2ccccn2)c2cc(-c3ccc([C@H]4C[C@@H]4C(=O)O)cc3)cc(F)c12. The molecule has 0 radical (unpaired) electrons. The summed E-state index contributed by atoms with van der Waals surface area (Å²) in [5.41, 5.74) is 3.07. The van der Waals surface area contributed by atoms with Gasteiger partial charge in [-0.1, -0.05) is 30.3 Å². The topological polar surface area (TPSA) is 77.2 Å². The van der Waals surface area contributed by atoms with Gasteiger partial charge in [-0.25, -0.2) is 14.1 Å². The second kappa shape index (κ2) is 6.95. The van der Waals surface area contributed by atoms with E-state index < -0.39 is 11.8 Å². The van der Waals surface area contributed by atoms with E-state index in [1.165, 1.54) is 13.2 Å². The van der Waals surface area contributed by atoms with E-state index in [9.17, 15) is 4.79 Å². The summed E-state index contributed by atoms with van der Waals surface area (Å²) in [6, 6.07) is 16.4. The molecule has 0 aliphatic heterocycles. The van der Waals surface area contributed by atoms with E-state index in [0.717, 1.165) is 11.1 Å². The van der Waals surface area contributed by atoms with Crippen LogP contribution in [0.5, 0.6) is 5.88 Å². The number of aliphatic carboxylic acids is 1. The number of ether oxygens (including phenoxy) is 1. The van der Waals surface area contributed by atoms with Crippen LogP contribution in [0.1, 0.15) is 17.9 Å². The average Bonchev–Trinajstić information content (AvgIpc) is 3.49. The molecule has 0 amide bonds. The zero-order valence-corrected chi connectivity index (χ0v) is 16.1. The first-order valence-electron chi connectivity index (χ1n) is 9.57. The van der Waals surface area contributed by atoms with Crippen molar-refractivity contribution >= 4 is 16.9 Å². The van der Waals surface area contributed by atoms with Crippen LogP contribution in [0.25, 0.3) is 27.8 Å². The van der Waals surface area contributed by atoms with Gasteiger partial charge in [0.05, 0.1) is 23.9 Å². The van der Waals surface area contributed by atoms with Gasteiger partial charge in [-0.2, -0.15) is 0 Å². The summed E-state index contributed by atoms with van der Waals surface area (Å²) in [4.78, 5) is 15.4. The molecule has 1 aliphatic rings. The first-order valence-corrected chi connectivity index (χ1v) is 9.57. The van der Waals surface area contributed by atoms with Crippen LogP contribution in [0.2, 0.25) is 0 Å². The molecule has 0 unspecified atom stereocenters. The Hall–Kier alpha value is -3.74. The number of halogens is 1. The molecule has 7 heteroatoms. The monoisotopic (exact) mass is 403 g/mol. The molecule has 0 bridgehead atoms. The van der Waals surface area contributed by atoms with Crippen molar-refractivity contribution in [2.75, 3.05) is 7.11 Å². The lowest BCUT2D eigenvalue weighted by molar-refractivity contribution is -0.138. The van der Waals surface area contributed by atoms with Crippen molar-refractivity contribution in [1.82, 2.24) is 14.8 Å². The molecular weight excluding hydrogens is 385 g/mol. The summed E-state index contributed by atoms with van der Waals surface area (Å²) in [7, 11) is 1.46. The highest BCUT2D eigenvalue weighted by Gasteiger charge is 2.44. The Bertz CT molecular complexity index is 1250. The van der Waals surface area contributed by atoms with E-state index in [2.05, 4.69) is 10.1 Å². The third-order valence-electron chi connectivity index (χ3n) is 5.54. The van der Waals surface area contributed by atoms with Gasteiger partial charge < -0.3 is 9.84 Å². The third-order valence-corrected chi connectivity index (χ3v) is 5.54. The van der Waals surface area contributed by atoms with Crippen LogP contribution in [-0.4, -0.2) is 33.0 Å². The number of carboxylic acids is 1. The number of pyridine rings is 1. The molecule has 1 aliphatic carbocycles. The van der Waals surface area contributed by atoms with E-state index in [1.54, 1.807) is 23.0 Å². The van der Waals surface area contributed by atoms with Crippen LogP contribution in [0.3, 0.4) is 0 Å². The Morgan fingerprint density at radius 1 is 1.17 bits per heavy atom. The normalized spacial score (nSPS) is 17.8. The fourth-order valence-corrected chi connectivity index (χ4v) is 3.89. The van der Waals surface area contributed by atoms with E-state index in [-0.39, 0.29) is 17.7 Å². The van der Waals surface area contributed by atoms with Gasteiger partial charge in [0.1, 0.15) is 5.82 Å². The lowest BCUT2D eigenvalue weighted by atomic mass is 10.0. The lowest BCUT2D eigenvalue weighted by Gasteiger charge is -2.07. The maximum Gasteiger partial charge on any atom is 0.307 e. The molecule has 6 nitrogen and oxygen atoms in total. The van der Waals surface area contributed by atoms with Crippen molar-refractivity contribution in [3.05, 3.63) is 72.2 Å². The summed E-state index contributed by atoms with van der Waals surface area (Å²) in [5, 5.41) is 13.8. The molecule has 1 N–H and O–H groups in total. The Morgan fingerprint density at radius 3 is 2.60 bits per heavy atom. The molecule has 150 valence electrons. The highest BCUT2D eigenvalue weighted by Crippen LogP contribution is 2.47. The highest BCUT2D eigenvalue weighted by molar-refractivity contribution is 5.90. The molecule has 2 atom stereocenters. The van der Waals surface area contributed by atoms with E-state index in [0.29, 0.717) is 28.7 Å². The Kier molecular flexibility index (Phi) is 4.24. The molecule has 4 aromatic rings. The van der Waals surface area contributed by atoms with E-state index in [1.807, 2.05) is 36.4 Å². The van der Waals surface area contributed by atoms with Crippen molar-refractivity contribution in [2.45, 2.75) is 12.3 Å². The number of fused-ring (bicyclic) bond motifs is 1. The number of methoxy groups -OCH3 is 1. The number of hydrogen-bond donors (Lipinski definition) is 1. The van der Waals surface area contributed by atoms with Crippen LogP contribution >= 0.6 is 0 Å². The van der Waals surface area contributed by atoms with Crippen LogP contribution < -0.4 is 4.74 Å². The first kappa shape index (κ1) is 18.3. The minimum Gasteiger partial charge on any atom is -0.481 e. The Labute approximate surface area is 171 Å². The molecule has 2 heterocycles. The molecule has 1 saturated carbocycles. The van der Waals surface area contributed by atoms with Crippen LogP contribution in [0.4, 0.5) is 4.39 Å². The molecule has 5 rings (SSSR count). The first-order chi connectivity index (χ1) is 14.6. The number of rotatable bonds is 5. The summed E-state index contributed by atoms with van der Waals surface area (Å²) in [6.45, 7) is 0. The number of hydrogen-bond acceptors (Lipinski definition) is 4. The second-order valence-corrected chi connectivity index (χ2v) is 7.37. The zero-order valence-electron chi connectivity index (χ0n) is 16.1. The summed E-state index contributed by atoms with van der Waals surface area (Å²) in [5.74, 6) is -0.669. The van der Waals surface area contributed by atoms with Crippen molar-refractivity contribution in [2.24, 2.45) is 5.92 Å². The minimum atomic E-state index is -0.756. The smallest absolute Gasteiger partial charge is 0.307 e. The largest absolute Gasteiger partial charge is 0.481 e. The number of carboxylic acid groups (broad SMARTS) is 1. The van der Waals surface area contributed by atoms with E-state index in [4.69, 9.17) is 9.84 Å². The summed E-state index contributed by atoms with van der Waals surface area (Å²) < 4.78 is 21.9. The molecular formula is C23H18FN3O3. The van der Waals surface area contributed by atoms with Crippen molar-refractivity contribution in [1.29, 1.82) is 0 Å². The summed E-state index contributed by atoms with van der Waals surface area (Å²) >= 11 is 0. The molecule has 30 heavy (non-hydrogen) atoms. The molecule has 2 aromatic carbocycles. The van der Waals surface area contributed by atoms with Crippen LogP contribution in [-0.2, 0) is 4.79 Å². The van der Waals surface area contributed by atoms with Gasteiger partial charge in [-0.05, 0) is 53.3 Å². The van der Waals surface area contributed by atoms with E-state index >= 15 is 4.39 Å². The fourth-order valence-electron chi connectivity index (χ4n) is 3.89. The van der Waals surface area contributed by atoms with Gasteiger partial charge >= 0.3 is 5.97 Å². The maximum atomic E-state index is 15.0.